The minimum atomic E-state index is -4.54. The quantitative estimate of drug-likeness (QED) is 0.817. The number of carbonyl (C=O) groups excluding carboxylic acids is 1. The first-order chi connectivity index (χ1) is 8.37. The molecule has 100 valence electrons. The van der Waals surface area contributed by atoms with Crippen LogP contribution in [0.1, 0.15) is 25.0 Å². The lowest BCUT2D eigenvalue weighted by Crippen LogP contribution is -2.23. The van der Waals surface area contributed by atoms with Crippen molar-refractivity contribution in [2.24, 2.45) is 0 Å². The van der Waals surface area contributed by atoms with Crippen molar-refractivity contribution in [3.05, 3.63) is 29.3 Å². The second-order valence-electron chi connectivity index (χ2n) is 3.91. The van der Waals surface area contributed by atoms with Crippen LogP contribution in [0, 0.1) is 0 Å². The Morgan fingerprint density at radius 1 is 1.22 bits per heavy atom. The highest BCUT2D eigenvalue weighted by molar-refractivity contribution is 7.86. The lowest BCUT2D eigenvalue weighted by Gasteiger charge is -2.15. The first-order valence-electron chi connectivity index (χ1n) is 5.71. The largest absolute Gasteiger partial charge is 0.748 e. The van der Waals surface area contributed by atoms with Gasteiger partial charge in [0.05, 0.1) is 0 Å². The van der Waals surface area contributed by atoms with E-state index in [4.69, 9.17) is 0 Å². The monoisotopic (exact) mass is 270 g/mol. The fourth-order valence-electron chi connectivity index (χ4n) is 1.74. The van der Waals surface area contributed by atoms with E-state index in [0.717, 1.165) is 11.1 Å². The Labute approximate surface area is 107 Å². The molecule has 0 saturated carbocycles. The number of para-hydroxylation sites is 1. The Morgan fingerprint density at radius 3 is 2.11 bits per heavy atom. The van der Waals surface area contributed by atoms with Gasteiger partial charge in [0, 0.05) is 5.69 Å². The van der Waals surface area contributed by atoms with Crippen LogP contribution in [0.25, 0.3) is 0 Å². The van der Waals surface area contributed by atoms with Gasteiger partial charge < -0.3 is 9.87 Å². The van der Waals surface area contributed by atoms with Crippen molar-refractivity contribution in [1.82, 2.24) is 0 Å². The number of carbonyl (C=O) groups is 1. The van der Waals surface area contributed by atoms with Crippen molar-refractivity contribution in [2.45, 2.75) is 26.7 Å². The third-order valence-electron chi connectivity index (χ3n) is 2.57. The zero-order valence-corrected chi connectivity index (χ0v) is 11.2. The molecule has 1 aromatic rings. The maximum absolute atomic E-state index is 11.5. The topological polar surface area (TPSA) is 86.3 Å². The number of nitrogens with one attached hydrogen (secondary N) is 1. The number of amides is 1. The lowest BCUT2D eigenvalue weighted by molar-refractivity contribution is -0.114. The van der Waals surface area contributed by atoms with Crippen LogP contribution in [-0.2, 0) is 27.8 Å². The van der Waals surface area contributed by atoms with E-state index in [9.17, 15) is 17.8 Å². The van der Waals surface area contributed by atoms with Gasteiger partial charge in [0.15, 0.2) is 0 Å². The third kappa shape index (κ3) is 4.12. The summed E-state index contributed by atoms with van der Waals surface area (Å²) < 4.78 is 31.6. The van der Waals surface area contributed by atoms with Gasteiger partial charge in [-0.2, -0.15) is 0 Å². The van der Waals surface area contributed by atoms with Gasteiger partial charge in [0.1, 0.15) is 15.9 Å². The Balaban J connectivity index is 2.99. The van der Waals surface area contributed by atoms with Crippen molar-refractivity contribution in [3.8, 4) is 0 Å². The molecule has 1 amide bonds. The smallest absolute Gasteiger partial charge is 0.238 e. The standard InChI is InChI=1S/C12H17NO4S/c1-3-9-6-5-7-10(4-2)12(9)13-11(14)8-18(15,16)17/h5-7H,3-4,8H2,1-2H3,(H,13,14)(H,15,16,17)/p-1. The van der Waals surface area contributed by atoms with Crippen molar-refractivity contribution in [3.63, 3.8) is 0 Å². The van der Waals surface area contributed by atoms with Crippen LogP contribution in [0.3, 0.4) is 0 Å². The Bertz CT molecular complexity index is 515. The predicted molar refractivity (Wildman–Crippen MR) is 68.4 cm³/mol. The molecule has 0 fully saturated rings. The lowest BCUT2D eigenvalue weighted by atomic mass is 10.0. The molecule has 1 aromatic carbocycles. The van der Waals surface area contributed by atoms with E-state index in [1.807, 2.05) is 32.0 Å². The Morgan fingerprint density at radius 2 is 1.72 bits per heavy atom. The predicted octanol–water partition coefficient (Wildman–Crippen LogP) is 1.30. The summed E-state index contributed by atoms with van der Waals surface area (Å²) in [5, 5.41) is 2.52. The molecule has 0 aromatic heterocycles. The molecule has 0 unspecified atom stereocenters. The zero-order chi connectivity index (χ0) is 13.8. The number of rotatable bonds is 5. The fraction of sp³-hybridized carbons (Fsp3) is 0.417. The number of benzene rings is 1. The highest BCUT2D eigenvalue weighted by Crippen LogP contribution is 2.22. The van der Waals surface area contributed by atoms with E-state index < -0.39 is 21.8 Å². The summed E-state index contributed by atoms with van der Waals surface area (Å²) >= 11 is 0. The summed E-state index contributed by atoms with van der Waals surface area (Å²) in [6, 6.07) is 5.61. The van der Waals surface area contributed by atoms with E-state index in [2.05, 4.69) is 5.32 Å². The van der Waals surface area contributed by atoms with Gasteiger partial charge in [-0.3, -0.25) is 4.79 Å². The normalized spacial score (nSPS) is 11.3. The van der Waals surface area contributed by atoms with Gasteiger partial charge in [-0.25, -0.2) is 8.42 Å². The molecule has 18 heavy (non-hydrogen) atoms. The Hall–Kier alpha value is -1.40. The molecular weight excluding hydrogens is 254 g/mol. The van der Waals surface area contributed by atoms with Crippen LogP contribution in [0.4, 0.5) is 5.69 Å². The summed E-state index contributed by atoms with van der Waals surface area (Å²) in [7, 11) is -4.54. The SMILES string of the molecule is CCc1cccc(CC)c1NC(=O)CS(=O)(=O)[O-]. The highest BCUT2D eigenvalue weighted by atomic mass is 32.2. The maximum atomic E-state index is 11.5. The average Bonchev–Trinajstić information content (AvgIpc) is 2.26. The summed E-state index contributed by atoms with van der Waals surface area (Å²) in [6.07, 6.45) is 1.43. The van der Waals surface area contributed by atoms with E-state index in [-0.39, 0.29) is 0 Å². The molecule has 1 N–H and O–H groups in total. The van der Waals surface area contributed by atoms with Crippen molar-refractivity contribution < 1.29 is 17.8 Å². The molecule has 0 radical (unpaired) electrons. The van der Waals surface area contributed by atoms with Crippen LogP contribution < -0.4 is 5.32 Å². The van der Waals surface area contributed by atoms with E-state index in [0.29, 0.717) is 18.5 Å². The molecule has 0 spiro atoms. The fourth-order valence-corrected chi connectivity index (χ4v) is 2.13. The van der Waals surface area contributed by atoms with Crippen LogP contribution in [0.5, 0.6) is 0 Å². The van der Waals surface area contributed by atoms with E-state index >= 15 is 0 Å². The van der Waals surface area contributed by atoms with E-state index in [1.165, 1.54) is 0 Å². The summed E-state index contributed by atoms with van der Waals surface area (Å²) in [5.41, 5.74) is 2.47. The van der Waals surface area contributed by atoms with Gasteiger partial charge >= 0.3 is 0 Å². The van der Waals surface area contributed by atoms with Crippen LogP contribution in [0.2, 0.25) is 0 Å². The zero-order valence-electron chi connectivity index (χ0n) is 10.4. The highest BCUT2D eigenvalue weighted by Gasteiger charge is 2.12. The molecule has 0 aliphatic rings. The first-order valence-corrected chi connectivity index (χ1v) is 7.29. The maximum Gasteiger partial charge on any atom is 0.238 e. The molecule has 5 nitrogen and oxygen atoms in total. The summed E-state index contributed by atoms with van der Waals surface area (Å²) in [5.74, 6) is -1.82. The molecule has 0 atom stereocenters. The van der Waals surface area contributed by atoms with Crippen molar-refractivity contribution in [1.29, 1.82) is 0 Å². The van der Waals surface area contributed by atoms with Gasteiger partial charge in [-0.1, -0.05) is 32.0 Å². The minimum absolute atomic E-state index is 0.621. The van der Waals surface area contributed by atoms with Crippen molar-refractivity contribution >= 4 is 21.7 Å². The third-order valence-corrected chi connectivity index (χ3v) is 3.19. The molecule has 0 aliphatic carbocycles. The summed E-state index contributed by atoms with van der Waals surface area (Å²) in [6.45, 7) is 3.88. The molecule has 0 aliphatic heterocycles. The summed E-state index contributed by atoms with van der Waals surface area (Å²) in [4.78, 5) is 11.5. The average molecular weight is 270 g/mol. The molecule has 1 rings (SSSR count). The number of hydrogen-bond acceptors (Lipinski definition) is 4. The molecule has 0 saturated heterocycles. The van der Waals surface area contributed by atoms with Crippen LogP contribution in [0.15, 0.2) is 18.2 Å². The minimum Gasteiger partial charge on any atom is -0.748 e. The number of aryl methyl sites for hydroxylation is 2. The molecule has 0 bridgehead atoms. The molecular formula is C12H16NO4S-. The van der Waals surface area contributed by atoms with Gasteiger partial charge in [0.25, 0.3) is 0 Å². The number of hydrogen-bond donors (Lipinski definition) is 1. The number of anilines is 1. The van der Waals surface area contributed by atoms with Gasteiger partial charge in [0.2, 0.25) is 5.91 Å². The van der Waals surface area contributed by atoms with Crippen molar-refractivity contribution in [2.75, 3.05) is 11.1 Å². The van der Waals surface area contributed by atoms with Gasteiger partial charge in [-0.15, -0.1) is 0 Å². The molecule has 6 heteroatoms. The first kappa shape index (κ1) is 14.7. The van der Waals surface area contributed by atoms with Crippen LogP contribution in [-0.4, -0.2) is 24.6 Å². The van der Waals surface area contributed by atoms with Gasteiger partial charge in [-0.05, 0) is 24.0 Å². The van der Waals surface area contributed by atoms with E-state index in [1.54, 1.807) is 0 Å². The second-order valence-corrected chi connectivity index (χ2v) is 5.31. The Kier molecular flexibility index (Phi) is 4.86. The molecule has 0 heterocycles. The van der Waals surface area contributed by atoms with Crippen LogP contribution >= 0.6 is 0 Å². The second kappa shape index (κ2) is 5.97.